The van der Waals surface area contributed by atoms with Gasteiger partial charge in [-0.3, -0.25) is 4.79 Å². The van der Waals surface area contributed by atoms with Gasteiger partial charge in [0, 0.05) is 6.54 Å². The standard InChI is InChI=1S/C12H22INOS/c1-12(7-6-10-16-12)11(15)14-9-5-3-2-4-8-13/h2-10H2,1H3,(H,14,15). The summed E-state index contributed by atoms with van der Waals surface area (Å²) in [6, 6.07) is 0. The molecule has 0 aromatic rings. The molecule has 0 bridgehead atoms. The Morgan fingerprint density at radius 1 is 1.38 bits per heavy atom. The molecule has 1 heterocycles. The summed E-state index contributed by atoms with van der Waals surface area (Å²) in [5.41, 5.74) is 0. The SMILES string of the molecule is CC1(C(=O)NCCCCCCI)CCCS1. The van der Waals surface area contributed by atoms with Crippen molar-refractivity contribution in [3.05, 3.63) is 0 Å². The highest BCUT2D eigenvalue weighted by Gasteiger charge is 2.36. The van der Waals surface area contributed by atoms with E-state index in [-0.39, 0.29) is 10.7 Å². The number of rotatable bonds is 7. The molecule has 1 N–H and O–H groups in total. The summed E-state index contributed by atoms with van der Waals surface area (Å²) in [7, 11) is 0. The maximum absolute atomic E-state index is 11.9. The van der Waals surface area contributed by atoms with Crippen molar-refractivity contribution in [3.8, 4) is 0 Å². The van der Waals surface area contributed by atoms with Gasteiger partial charge in [0.1, 0.15) is 0 Å². The first-order valence-electron chi connectivity index (χ1n) is 6.17. The second-order valence-corrected chi connectivity index (χ2v) is 7.22. The lowest BCUT2D eigenvalue weighted by atomic mass is 10.0. The van der Waals surface area contributed by atoms with Gasteiger partial charge in [-0.05, 0) is 42.8 Å². The molecule has 94 valence electrons. The predicted molar refractivity (Wildman–Crippen MR) is 80.5 cm³/mol. The Labute approximate surface area is 117 Å². The van der Waals surface area contributed by atoms with Gasteiger partial charge in [0.05, 0.1) is 4.75 Å². The molecule has 0 radical (unpaired) electrons. The minimum Gasteiger partial charge on any atom is -0.355 e. The zero-order valence-corrected chi connectivity index (χ0v) is 13.0. The average molecular weight is 355 g/mol. The van der Waals surface area contributed by atoms with E-state index in [2.05, 4.69) is 34.8 Å². The maximum atomic E-state index is 11.9. The number of hydrogen-bond donors (Lipinski definition) is 1. The molecule has 1 aliphatic heterocycles. The van der Waals surface area contributed by atoms with Gasteiger partial charge in [-0.25, -0.2) is 0 Å². The first-order valence-corrected chi connectivity index (χ1v) is 8.68. The van der Waals surface area contributed by atoms with Crippen LogP contribution < -0.4 is 5.32 Å². The van der Waals surface area contributed by atoms with E-state index in [4.69, 9.17) is 0 Å². The van der Waals surface area contributed by atoms with Crippen LogP contribution >= 0.6 is 34.4 Å². The van der Waals surface area contributed by atoms with Crippen molar-refractivity contribution < 1.29 is 4.79 Å². The second-order valence-electron chi connectivity index (χ2n) is 4.54. The topological polar surface area (TPSA) is 29.1 Å². The second kappa shape index (κ2) is 7.80. The molecule has 1 fully saturated rings. The average Bonchev–Trinajstić information content (AvgIpc) is 2.71. The molecular formula is C12H22INOS. The molecule has 2 nitrogen and oxygen atoms in total. The van der Waals surface area contributed by atoms with Crippen molar-refractivity contribution in [1.82, 2.24) is 5.32 Å². The number of nitrogens with one attached hydrogen (secondary N) is 1. The highest BCUT2D eigenvalue weighted by atomic mass is 127. The fourth-order valence-corrected chi connectivity index (χ4v) is 3.69. The van der Waals surface area contributed by atoms with Crippen molar-refractivity contribution in [2.24, 2.45) is 0 Å². The Bertz CT molecular complexity index is 217. The van der Waals surface area contributed by atoms with Gasteiger partial charge in [0.2, 0.25) is 5.91 Å². The Kier molecular flexibility index (Phi) is 7.12. The van der Waals surface area contributed by atoms with Crippen LogP contribution in [0.2, 0.25) is 0 Å². The van der Waals surface area contributed by atoms with Gasteiger partial charge in [-0.1, -0.05) is 35.4 Å². The molecule has 0 aliphatic carbocycles. The third-order valence-electron chi connectivity index (χ3n) is 3.05. The highest BCUT2D eigenvalue weighted by Crippen LogP contribution is 2.37. The Hall–Kier alpha value is 0.550. The molecule has 4 heteroatoms. The highest BCUT2D eigenvalue weighted by molar-refractivity contribution is 14.1. The number of hydrogen-bond acceptors (Lipinski definition) is 2. The summed E-state index contributed by atoms with van der Waals surface area (Å²) in [6.45, 7) is 2.94. The molecule has 0 aromatic heterocycles. The van der Waals surface area contributed by atoms with E-state index in [1.165, 1.54) is 30.1 Å². The lowest BCUT2D eigenvalue weighted by Crippen LogP contribution is -2.40. The largest absolute Gasteiger partial charge is 0.355 e. The van der Waals surface area contributed by atoms with E-state index in [0.29, 0.717) is 0 Å². The van der Waals surface area contributed by atoms with Crippen LogP contribution in [0.5, 0.6) is 0 Å². The maximum Gasteiger partial charge on any atom is 0.235 e. The summed E-state index contributed by atoms with van der Waals surface area (Å²) < 4.78 is 1.11. The summed E-state index contributed by atoms with van der Waals surface area (Å²) in [6.07, 6.45) is 7.20. The molecule has 0 saturated carbocycles. The van der Waals surface area contributed by atoms with Crippen molar-refractivity contribution in [2.45, 2.75) is 50.2 Å². The normalized spacial score (nSPS) is 24.6. The summed E-state index contributed by atoms with van der Waals surface area (Å²) >= 11 is 4.23. The monoisotopic (exact) mass is 355 g/mol. The Morgan fingerprint density at radius 3 is 2.75 bits per heavy atom. The molecule has 16 heavy (non-hydrogen) atoms. The molecule has 0 spiro atoms. The minimum absolute atomic E-state index is 0.137. The first kappa shape index (κ1) is 14.6. The summed E-state index contributed by atoms with van der Waals surface area (Å²) in [5, 5.41) is 3.08. The molecule has 1 amide bonds. The zero-order chi connectivity index (χ0) is 11.9. The molecule has 1 aliphatic rings. The van der Waals surface area contributed by atoms with Crippen LogP contribution in [0.4, 0.5) is 0 Å². The van der Waals surface area contributed by atoms with Crippen LogP contribution in [0.25, 0.3) is 0 Å². The van der Waals surface area contributed by atoms with Gasteiger partial charge >= 0.3 is 0 Å². The molecule has 1 atom stereocenters. The van der Waals surface area contributed by atoms with E-state index >= 15 is 0 Å². The molecular weight excluding hydrogens is 333 g/mol. The van der Waals surface area contributed by atoms with Crippen LogP contribution in [0, 0.1) is 0 Å². The van der Waals surface area contributed by atoms with Gasteiger partial charge in [0.25, 0.3) is 0 Å². The number of amides is 1. The van der Waals surface area contributed by atoms with Crippen LogP contribution in [0.15, 0.2) is 0 Å². The van der Waals surface area contributed by atoms with E-state index < -0.39 is 0 Å². The number of halogens is 1. The Balaban J connectivity index is 2.06. The number of alkyl halides is 1. The molecule has 1 rings (SSSR count). The van der Waals surface area contributed by atoms with Gasteiger partial charge in [-0.15, -0.1) is 11.8 Å². The van der Waals surface area contributed by atoms with E-state index in [1.807, 2.05) is 11.8 Å². The van der Waals surface area contributed by atoms with Crippen molar-refractivity contribution >= 4 is 40.3 Å². The van der Waals surface area contributed by atoms with Crippen molar-refractivity contribution in [2.75, 3.05) is 16.7 Å². The summed E-state index contributed by atoms with van der Waals surface area (Å²) in [4.78, 5) is 11.9. The van der Waals surface area contributed by atoms with E-state index in [1.54, 1.807) is 0 Å². The van der Waals surface area contributed by atoms with Gasteiger partial charge in [0.15, 0.2) is 0 Å². The fourth-order valence-electron chi connectivity index (χ4n) is 1.92. The lowest BCUT2D eigenvalue weighted by Gasteiger charge is -2.21. The molecule has 0 aromatic carbocycles. The van der Waals surface area contributed by atoms with E-state index in [9.17, 15) is 4.79 Å². The number of unbranched alkanes of at least 4 members (excludes halogenated alkanes) is 3. The summed E-state index contributed by atoms with van der Waals surface area (Å²) in [5.74, 6) is 1.39. The first-order chi connectivity index (χ1) is 7.69. The van der Waals surface area contributed by atoms with Gasteiger partial charge in [-0.2, -0.15) is 0 Å². The predicted octanol–water partition coefficient (Wildman–Crippen LogP) is 3.38. The number of carbonyl (C=O) groups excluding carboxylic acids is 1. The molecule has 1 saturated heterocycles. The number of carbonyl (C=O) groups is 1. The van der Waals surface area contributed by atoms with Crippen LogP contribution in [-0.4, -0.2) is 27.4 Å². The number of thioether (sulfide) groups is 1. The third kappa shape index (κ3) is 4.82. The van der Waals surface area contributed by atoms with E-state index in [0.717, 1.165) is 25.1 Å². The van der Waals surface area contributed by atoms with Gasteiger partial charge < -0.3 is 5.32 Å². The fraction of sp³-hybridized carbons (Fsp3) is 0.917. The van der Waals surface area contributed by atoms with Crippen LogP contribution in [0.3, 0.4) is 0 Å². The lowest BCUT2D eigenvalue weighted by molar-refractivity contribution is -0.123. The van der Waals surface area contributed by atoms with Crippen molar-refractivity contribution in [3.63, 3.8) is 0 Å². The van der Waals surface area contributed by atoms with Crippen LogP contribution in [-0.2, 0) is 4.79 Å². The molecule has 1 unspecified atom stereocenters. The minimum atomic E-state index is -0.137. The third-order valence-corrected chi connectivity index (χ3v) is 5.33. The van der Waals surface area contributed by atoms with Crippen molar-refractivity contribution in [1.29, 1.82) is 0 Å². The zero-order valence-electron chi connectivity index (χ0n) is 10.1. The smallest absolute Gasteiger partial charge is 0.235 e. The van der Waals surface area contributed by atoms with Crippen LogP contribution in [0.1, 0.15) is 45.4 Å². The Morgan fingerprint density at radius 2 is 2.12 bits per heavy atom. The quantitative estimate of drug-likeness (QED) is 0.431.